The summed E-state index contributed by atoms with van der Waals surface area (Å²) in [6.45, 7) is 7.50. The summed E-state index contributed by atoms with van der Waals surface area (Å²) >= 11 is 0. The van der Waals surface area contributed by atoms with E-state index in [-0.39, 0.29) is 11.5 Å². The fourth-order valence-corrected chi connectivity index (χ4v) is 4.52. The molecule has 1 heterocycles. The van der Waals surface area contributed by atoms with E-state index in [9.17, 15) is 8.42 Å². The van der Waals surface area contributed by atoms with Crippen molar-refractivity contribution >= 4 is 27.0 Å². The van der Waals surface area contributed by atoms with E-state index in [1.165, 1.54) is 19.5 Å². The van der Waals surface area contributed by atoms with Gasteiger partial charge in [-0.3, -0.25) is 14.7 Å². The van der Waals surface area contributed by atoms with Gasteiger partial charge < -0.3 is 16.2 Å². The molecule has 33 heavy (non-hydrogen) atoms. The maximum atomic E-state index is 12.5. The number of hydrogen-bond donors (Lipinski definition) is 3. The van der Waals surface area contributed by atoms with Gasteiger partial charge in [-0.25, -0.2) is 8.42 Å². The van der Waals surface area contributed by atoms with Gasteiger partial charge in [-0.15, -0.1) is 0 Å². The minimum absolute atomic E-state index is 0.167. The lowest BCUT2D eigenvalue weighted by molar-refractivity contribution is 0.300. The number of nitrogen functional groups attached to an aromatic ring is 1. The molecule has 0 unspecified atom stereocenters. The predicted octanol–water partition coefficient (Wildman–Crippen LogP) is 3.07. The number of allylic oxidation sites excluding steroid dienone is 2. The van der Waals surface area contributed by atoms with Crippen molar-refractivity contribution in [2.75, 3.05) is 12.8 Å². The van der Waals surface area contributed by atoms with Crippen LogP contribution < -0.4 is 16.2 Å². The topological polar surface area (TPSA) is 133 Å². The number of nitrogens with two attached hydrogens (primary N) is 2. The average Bonchev–Trinajstić information content (AvgIpc) is 3.67. The maximum absolute atomic E-state index is 12.5. The first-order valence-electron chi connectivity index (χ1n) is 10.2. The Morgan fingerprint density at radius 2 is 1.94 bits per heavy atom. The van der Waals surface area contributed by atoms with Gasteiger partial charge in [0.15, 0.2) is 0 Å². The molecule has 0 aliphatic heterocycles. The molecular formula is C24H27N5O3S. The second-order valence-corrected chi connectivity index (χ2v) is 9.31. The highest BCUT2D eigenvalue weighted by Gasteiger charge is 2.36. The van der Waals surface area contributed by atoms with E-state index in [0.717, 1.165) is 5.56 Å². The van der Waals surface area contributed by atoms with E-state index >= 15 is 0 Å². The Morgan fingerprint density at radius 3 is 2.52 bits per heavy atom. The molecular weight excluding hydrogens is 438 g/mol. The number of pyridine rings is 1. The summed E-state index contributed by atoms with van der Waals surface area (Å²) in [6, 6.07) is 8.99. The van der Waals surface area contributed by atoms with Crippen molar-refractivity contribution in [1.82, 2.24) is 9.71 Å². The molecule has 0 atom stereocenters. The Hall–Kier alpha value is -3.85. The van der Waals surface area contributed by atoms with Gasteiger partial charge in [0.2, 0.25) is 10.0 Å². The third-order valence-electron chi connectivity index (χ3n) is 5.06. The Balaban J connectivity index is 2.06. The fourth-order valence-electron chi connectivity index (χ4n) is 3.12. The van der Waals surface area contributed by atoms with E-state index in [1.807, 2.05) is 18.2 Å². The minimum atomic E-state index is -3.53. The third kappa shape index (κ3) is 5.69. The standard InChI is InChI=1S/C24H27N5O3S/c1-4-28-24(17-9-11-27-12-10-17)21-13-18(5-8-22(21)26)19(15-25)14-23(16(2)32-3)29-33(30,31)20-6-7-20/h4-5,8-15,20,29H,1-2,6-7,25-26H2,3H3/b19-15+,23-14+,28-24?. The van der Waals surface area contributed by atoms with E-state index in [1.54, 1.807) is 30.6 Å². The number of aromatic nitrogens is 1. The molecule has 0 radical (unpaired) electrons. The van der Waals surface area contributed by atoms with Gasteiger partial charge in [-0.05, 0) is 54.3 Å². The molecule has 2 aromatic rings. The molecule has 8 nitrogen and oxygen atoms in total. The zero-order valence-corrected chi connectivity index (χ0v) is 19.2. The number of sulfonamides is 1. The molecule has 0 saturated heterocycles. The Morgan fingerprint density at radius 1 is 1.24 bits per heavy atom. The van der Waals surface area contributed by atoms with Crippen LogP contribution in [0.2, 0.25) is 0 Å². The summed E-state index contributed by atoms with van der Waals surface area (Å²) in [5.74, 6) is 0.167. The zero-order valence-electron chi connectivity index (χ0n) is 18.4. The number of nitrogens with one attached hydrogen (secondary N) is 1. The van der Waals surface area contributed by atoms with Gasteiger partial charge >= 0.3 is 0 Å². The molecule has 1 aliphatic carbocycles. The lowest BCUT2D eigenvalue weighted by Crippen LogP contribution is -2.27. The van der Waals surface area contributed by atoms with Crippen LogP contribution >= 0.6 is 0 Å². The highest BCUT2D eigenvalue weighted by molar-refractivity contribution is 7.90. The number of rotatable bonds is 10. The number of ether oxygens (including phenoxy) is 1. The van der Waals surface area contributed by atoms with Crippen molar-refractivity contribution in [3.8, 4) is 0 Å². The molecule has 1 saturated carbocycles. The van der Waals surface area contributed by atoms with Crippen LogP contribution in [-0.2, 0) is 14.8 Å². The van der Waals surface area contributed by atoms with Crippen molar-refractivity contribution < 1.29 is 13.2 Å². The SMILES string of the molecule is C=CN=C(c1ccncc1)c1cc(C(/C=C(/NS(=O)(=O)C2CC2)C(=C)OC)=C/N)ccc1N. The molecule has 9 heteroatoms. The molecule has 0 amide bonds. The molecule has 1 aromatic carbocycles. The number of hydrogen-bond acceptors (Lipinski definition) is 7. The Labute approximate surface area is 194 Å². The lowest BCUT2D eigenvalue weighted by atomic mass is 9.96. The van der Waals surface area contributed by atoms with Crippen LogP contribution in [0.5, 0.6) is 0 Å². The summed E-state index contributed by atoms with van der Waals surface area (Å²) < 4.78 is 32.8. The van der Waals surface area contributed by atoms with Crippen LogP contribution in [0.25, 0.3) is 5.57 Å². The molecule has 5 N–H and O–H groups in total. The van der Waals surface area contributed by atoms with Crippen LogP contribution in [0.1, 0.15) is 29.5 Å². The molecule has 1 aliphatic rings. The smallest absolute Gasteiger partial charge is 0.235 e. The molecule has 1 fully saturated rings. The van der Waals surface area contributed by atoms with Gasteiger partial charge in [0.05, 0.1) is 23.8 Å². The summed E-state index contributed by atoms with van der Waals surface area (Å²) in [7, 11) is -2.11. The number of nitrogens with zero attached hydrogens (tertiary/aromatic N) is 2. The van der Waals surface area contributed by atoms with Crippen LogP contribution in [0.15, 0.2) is 90.8 Å². The van der Waals surface area contributed by atoms with E-state index in [4.69, 9.17) is 16.2 Å². The van der Waals surface area contributed by atoms with Crippen LogP contribution in [0.3, 0.4) is 0 Å². The van der Waals surface area contributed by atoms with Crippen molar-refractivity contribution in [3.05, 3.63) is 103 Å². The molecule has 3 rings (SSSR count). The van der Waals surface area contributed by atoms with Crippen molar-refractivity contribution in [2.24, 2.45) is 10.7 Å². The van der Waals surface area contributed by atoms with Crippen LogP contribution in [-0.4, -0.2) is 31.5 Å². The van der Waals surface area contributed by atoms with Crippen LogP contribution in [0, 0.1) is 0 Å². The monoisotopic (exact) mass is 465 g/mol. The fraction of sp³-hybridized carbons (Fsp3) is 0.167. The van der Waals surface area contributed by atoms with Gasteiger partial charge in [0.25, 0.3) is 0 Å². The van der Waals surface area contributed by atoms with Gasteiger partial charge in [0.1, 0.15) is 5.76 Å². The summed E-state index contributed by atoms with van der Waals surface area (Å²) in [6.07, 6.45) is 8.98. The first-order valence-corrected chi connectivity index (χ1v) is 11.7. The predicted molar refractivity (Wildman–Crippen MR) is 132 cm³/mol. The largest absolute Gasteiger partial charge is 0.495 e. The highest BCUT2D eigenvalue weighted by Crippen LogP contribution is 2.30. The number of anilines is 1. The van der Waals surface area contributed by atoms with E-state index in [0.29, 0.717) is 40.9 Å². The average molecular weight is 466 g/mol. The minimum Gasteiger partial charge on any atom is -0.495 e. The number of aliphatic imine (C=N–C) groups is 1. The van der Waals surface area contributed by atoms with Gasteiger partial charge in [-0.2, -0.15) is 0 Å². The lowest BCUT2D eigenvalue weighted by Gasteiger charge is -2.15. The first-order chi connectivity index (χ1) is 15.8. The molecule has 1 aromatic heterocycles. The maximum Gasteiger partial charge on any atom is 0.235 e. The quantitative estimate of drug-likeness (QED) is 0.214. The third-order valence-corrected chi connectivity index (χ3v) is 6.91. The molecule has 0 bridgehead atoms. The van der Waals surface area contributed by atoms with E-state index in [2.05, 4.69) is 27.9 Å². The molecule has 172 valence electrons. The van der Waals surface area contributed by atoms with Gasteiger partial charge in [0, 0.05) is 41.6 Å². The second kappa shape index (κ2) is 10.2. The number of benzene rings is 1. The number of methoxy groups -OCH3 is 1. The first kappa shape index (κ1) is 23.8. The Bertz CT molecular complexity index is 1240. The Kier molecular flexibility index (Phi) is 7.34. The van der Waals surface area contributed by atoms with Crippen LogP contribution in [0.4, 0.5) is 5.69 Å². The van der Waals surface area contributed by atoms with Crippen molar-refractivity contribution in [1.29, 1.82) is 0 Å². The highest BCUT2D eigenvalue weighted by atomic mass is 32.2. The van der Waals surface area contributed by atoms with Gasteiger partial charge in [-0.1, -0.05) is 19.2 Å². The van der Waals surface area contributed by atoms with Crippen molar-refractivity contribution in [3.63, 3.8) is 0 Å². The zero-order chi connectivity index (χ0) is 24.0. The summed E-state index contributed by atoms with van der Waals surface area (Å²) in [5, 5.41) is -0.406. The summed E-state index contributed by atoms with van der Waals surface area (Å²) in [4.78, 5) is 8.45. The van der Waals surface area contributed by atoms with E-state index < -0.39 is 15.3 Å². The second-order valence-electron chi connectivity index (χ2n) is 7.35. The molecule has 0 spiro atoms. The van der Waals surface area contributed by atoms with Crippen molar-refractivity contribution in [2.45, 2.75) is 18.1 Å². The summed E-state index contributed by atoms with van der Waals surface area (Å²) in [5.41, 5.74) is 16.2. The normalized spacial score (nSPS) is 15.1.